The molecule has 0 radical (unpaired) electrons. The van der Waals surface area contributed by atoms with Crippen LogP contribution in [0.4, 0.5) is 0 Å². The topological polar surface area (TPSA) is 15.6 Å². The van der Waals surface area contributed by atoms with E-state index in [1.165, 1.54) is 19.8 Å². The summed E-state index contributed by atoms with van der Waals surface area (Å²) in [5.41, 5.74) is 2.72. The molecule has 0 saturated carbocycles. The fourth-order valence-electron chi connectivity index (χ4n) is 2.04. The van der Waals surface area contributed by atoms with Crippen molar-refractivity contribution in [3.8, 4) is 0 Å². The van der Waals surface area contributed by atoms with Crippen LogP contribution in [-0.4, -0.2) is 44.4 Å². The summed E-state index contributed by atoms with van der Waals surface area (Å²) in [4.78, 5) is 4.32. The first-order valence-electron chi connectivity index (χ1n) is 6.53. The molecule has 16 heavy (non-hydrogen) atoms. The maximum absolute atomic E-state index is 4.32. The SMILES string of the molecule is CCC(/C=C(/CC)[N](C)[In]([CH2]C)[CH2]C)=NC. The van der Waals surface area contributed by atoms with E-state index in [1.54, 1.807) is 0 Å². The minimum atomic E-state index is -1.44. The van der Waals surface area contributed by atoms with Gasteiger partial charge in [0.15, 0.2) is 0 Å². The van der Waals surface area contributed by atoms with Crippen molar-refractivity contribution in [2.75, 3.05) is 14.1 Å². The van der Waals surface area contributed by atoms with Gasteiger partial charge in [-0.05, 0) is 0 Å². The summed E-state index contributed by atoms with van der Waals surface area (Å²) in [6, 6.07) is 0. The van der Waals surface area contributed by atoms with Gasteiger partial charge in [0.05, 0.1) is 0 Å². The zero-order valence-corrected chi connectivity index (χ0v) is 15.2. The first-order chi connectivity index (χ1) is 7.64. The third-order valence-corrected chi connectivity index (χ3v) is 12.7. The van der Waals surface area contributed by atoms with Crippen LogP contribution in [0.2, 0.25) is 8.35 Å². The van der Waals surface area contributed by atoms with Crippen LogP contribution in [0.5, 0.6) is 0 Å². The molecule has 0 aliphatic heterocycles. The van der Waals surface area contributed by atoms with Crippen LogP contribution in [-0.2, 0) is 0 Å². The molecule has 92 valence electrons. The van der Waals surface area contributed by atoms with Gasteiger partial charge in [-0.1, -0.05) is 0 Å². The van der Waals surface area contributed by atoms with E-state index < -0.39 is 21.7 Å². The van der Waals surface area contributed by atoms with E-state index in [9.17, 15) is 0 Å². The summed E-state index contributed by atoms with van der Waals surface area (Å²) in [6.45, 7) is 9.12. The summed E-state index contributed by atoms with van der Waals surface area (Å²) >= 11 is -1.44. The van der Waals surface area contributed by atoms with Gasteiger partial charge >= 0.3 is 110 Å². The van der Waals surface area contributed by atoms with Crippen LogP contribution in [0.25, 0.3) is 0 Å². The van der Waals surface area contributed by atoms with Crippen LogP contribution >= 0.6 is 0 Å². The molecule has 0 atom stereocenters. The predicted octanol–water partition coefficient (Wildman–Crippen LogP) is 3.72. The van der Waals surface area contributed by atoms with Crippen LogP contribution in [0.15, 0.2) is 16.8 Å². The molecule has 0 heterocycles. The number of allylic oxidation sites excluding steroid dienone is 2. The zero-order valence-electron chi connectivity index (χ0n) is 11.9. The van der Waals surface area contributed by atoms with Crippen molar-refractivity contribution in [1.29, 1.82) is 0 Å². The second-order valence-electron chi connectivity index (χ2n) is 4.14. The van der Waals surface area contributed by atoms with Gasteiger partial charge in [-0.15, -0.1) is 0 Å². The second kappa shape index (κ2) is 9.15. The quantitative estimate of drug-likeness (QED) is 0.651. The normalized spacial score (nSPS) is 12.9. The number of rotatable bonds is 7. The predicted molar refractivity (Wildman–Crippen MR) is 76.5 cm³/mol. The third kappa shape index (κ3) is 4.94. The van der Waals surface area contributed by atoms with Crippen LogP contribution in [0.1, 0.15) is 40.5 Å². The zero-order chi connectivity index (χ0) is 12.6. The average molecular weight is 326 g/mol. The van der Waals surface area contributed by atoms with E-state index in [0.717, 1.165) is 12.8 Å². The molecule has 0 aromatic rings. The molecular formula is C13H27InN2. The van der Waals surface area contributed by atoms with Crippen LogP contribution < -0.4 is 0 Å². The first kappa shape index (κ1) is 16.1. The monoisotopic (exact) mass is 326 g/mol. The summed E-state index contributed by atoms with van der Waals surface area (Å²) in [5, 5.41) is 0. The van der Waals surface area contributed by atoms with Gasteiger partial charge in [-0.25, -0.2) is 0 Å². The van der Waals surface area contributed by atoms with Gasteiger partial charge in [-0.2, -0.15) is 0 Å². The number of aliphatic imine (C=N–C) groups is 1. The van der Waals surface area contributed by atoms with E-state index in [1.807, 2.05) is 7.05 Å². The van der Waals surface area contributed by atoms with Crippen molar-refractivity contribution in [2.24, 2.45) is 4.99 Å². The molecule has 3 heteroatoms. The Kier molecular flexibility index (Phi) is 9.19. The number of hydrogen-bond acceptors (Lipinski definition) is 2. The Morgan fingerprint density at radius 1 is 1.12 bits per heavy atom. The van der Waals surface area contributed by atoms with Crippen molar-refractivity contribution in [2.45, 2.75) is 48.9 Å². The molecule has 0 aromatic carbocycles. The Balaban J connectivity index is 4.83. The summed E-state index contributed by atoms with van der Waals surface area (Å²) in [6.07, 6.45) is 4.46. The molecule has 0 spiro atoms. The van der Waals surface area contributed by atoms with E-state index in [4.69, 9.17) is 0 Å². The molecule has 0 aliphatic rings. The molecule has 0 saturated heterocycles. The average Bonchev–Trinajstić information content (AvgIpc) is 2.32. The Morgan fingerprint density at radius 3 is 2.00 bits per heavy atom. The van der Waals surface area contributed by atoms with Crippen LogP contribution in [0, 0.1) is 0 Å². The maximum atomic E-state index is 4.32. The molecular weight excluding hydrogens is 299 g/mol. The number of nitrogens with zero attached hydrogens (tertiary/aromatic N) is 2. The van der Waals surface area contributed by atoms with Gasteiger partial charge < -0.3 is 0 Å². The molecule has 0 amide bonds. The Morgan fingerprint density at radius 2 is 1.69 bits per heavy atom. The van der Waals surface area contributed by atoms with Crippen LogP contribution in [0.3, 0.4) is 0 Å². The van der Waals surface area contributed by atoms with Gasteiger partial charge in [0.25, 0.3) is 0 Å². The van der Waals surface area contributed by atoms with E-state index in [0.29, 0.717) is 0 Å². The molecule has 0 aromatic heterocycles. The second-order valence-corrected chi connectivity index (χ2v) is 14.7. The number of hydrogen-bond donors (Lipinski definition) is 0. The minimum absolute atomic E-state index is 1.03. The molecule has 0 bridgehead atoms. The van der Waals surface area contributed by atoms with Gasteiger partial charge in [-0.3, -0.25) is 0 Å². The van der Waals surface area contributed by atoms with Crippen molar-refractivity contribution >= 4 is 27.4 Å². The molecule has 0 unspecified atom stereocenters. The van der Waals surface area contributed by atoms with E-state index in [-0.39, 0.29) is 0 Å². The van der Waals surface area contributed by atoms with Gasteiger partial charge in [0, 0.05) is 0 Å². The van der Waals surface area contributed by atoms with E-state index >= 15 is 0 Å². The fourth-order valence-corrected chi connectivity index (χ4v) is 8.89. The first-order valence-corrected chi connectivity index (χ1v) is 12.7. The van der Waals surface area contributed by atoms with Gasteiger partial charge in [0.2, 0.25) is 0 Å². The molecule has 0 fully saturated rings. The van der Waals surface area contributed by atoms with Crippen molar-refractivity contribution in [1.82, 2.24) is 2.89 Å². The summed E-state index contributed by atoms with van der Waals surface area (Å²) in [7, 11) is 4.19. The molecule has 0 rings (SSSR count). The van der Waals surface area contributed by atoms with Gasteiger partial charge in [0.1, 0.15) is 0 Å². The Bertz CT molecular complexity index is 242. The summed E-state index contributed by atoms with van der Waals surface area (Å²) < 4.78 is 5.45. The third-order valence-electron chi connectivity index (χ3n) is 3.29. The Hall–Kier alpha value is 0.0801. The molecule has 0 aliphatic carbocycles. The molecule has 0 N–H and O–H groups in total. The van der Waals surface area contributed by atoms with E-state index in [2.05, 4.69) is 48.7 Å². The Labute approximate surface area is 110 Å². The van der Waals surface area contributed by atoms with Crippen molar-refractivity contribution < 1.29 is 0 Å². The summed E-state index contributed by atoms with van der Waals surface area (Å²) in [5.74, 6) is 0. The van der Waals surface area contributed by atoms with Crippen molar-refractivity contribution in [3.05, 3.63) is 11.8 Å². The van der Waals surface area contributed by atoms with Crippen molar-refractivity contribution in [3.63, 3.8) is 0 Å². The standard InChI is InChI=1S/C9H17N2.2C2H5.In/c1-5-8(10-3)7-9(6-2)11-4;2*1-2;/h7H,5-6H2,1-4H3;2*1H2,2H3;/q-1;;;+1/b8-7-,11-9?;;;. The molecule has 2 nitrogen and oxygen atoms in total. The fraction of sp³-hybridized carbons (Fsp3) is 0.769.